The van der Waals surface area contributed by atoms with Crippen LogP contribution in [0.3, 0.4) is 0 Å². The summed E-state index contributed by atoms with van der Waals surface area (Å²) in [5.74, 6) is 5.32. The minimum absolute atomic E-state index is 0.286. The van der Waals surface area contributed by atoms with Crippen molar-refractivity contribution in [2.75, 3.05) is 52.4 Å². The molecule has 0 amide bonds. The summed E-state index contributed by atoms with van der Waals surface area (Å²) >= 11 is 0. The highest BCUT2D eigenvalue weighted by Crippen LogP contribution is 2.51. The van der Waals surface area contributed by atoms with Gasteiger partial charge in [0.2, 0.25) is 0 Å². The third kappa shape index (κ3) is 6.79. The van der Waals surface area contributed by atoms with Gasteiger partial charge in [0, 0.05) is 36.0 Å². The van der Waals surface area contributed by atoms with Gasteiger partial charge < -0.3 is 0 Å². The molecule has 13 fully saturated rings. The van der Waals surface area contributed by atoms with Gasteiger partial charge in [-0.1, -0.05) is 38.5 Å². The van der Waals surface area contributed by atoms with Crippen LogP contribution in [0, 0.1) is 47.3 Å². The molecule has 20 atom stereocenters. The molecule has 60 heavy (non-hydrogen) atoms. The number of nitrogens with one attached hydrogen (secondary N) is 8. The van der Waals surface area contributed by atoms with Gasteiger partial charge in [0.1, 0.15) is 0 Å². The zero-order valence-corrected chi connectivity index (χ0v) is 37.1. The third-order valence-electron chi connectivity index (χ3n) is 20.4. The SMILES string of the molecule is C1CCC2C3NC(NC4NC(NC5NC(NC6NC(N3)C3CCCCC63)C3C5C(N5CCCC5)C(N5CCCC5)C(N5CCCC5)C3N3CCCC3)C3CCCCC43)C2C1. The van der Waals surface area contributed by atoms with Gasteiger partial charge in [-0.3, -0.25) is 62.1 Å². The molecule has 0 aromatic heterocycles. The van der Waals surface area contributed by atoms with Gasteiger partial charge in [-0.2, -0.15) is 0 Å². The van der Waals surface area contributed by atoms with Crippen LogP contribution in [0.5, 0.6) is 0 Å². The Kier molecular flexibility index (Phi) is 11.1. The second-order valence-electron chi connectivity index (χ2n) is 23.1. The van der Waals surface area contributed by atoms with E-state index >= 15 is 0 Å². The summed E-state index contributed by atoms with van der Waals surface area (Å²) in [6, 6.07) is 2.36. The summed E-state index contributed by atoms with van der Waals surface area (Å²) in [4.78, 5) is 12.4. The maximum Gasteiger partial charge on any atom is 0.0645 e. The van der Waals surface area contributed by atoms with Gasteiger partial charge in [0.05, 0.1) is 49.3 Å². The summed E-state index contributed by atoms with van der Waals surface area (Å²) in [7, 11) is 0. The largest absolute Gasteiger partial charge is 0.298 e. The highest BCUT2D eigenvalue weighted by molar-refractivity contribution is 5.21. The molecule has 12 nitrogen and oxygen atoms in total. The third-order valence-corrected chi connectivity index (χ3v) is 20.4. The van der Waals surface area contributed by atoms with Crippen molar-refractivity contribution in [3.05, 3.63) is 0 Å². The van der Waals surface area contributed by atoms with Crippen molar-refractivity contribution in [3.63, 3.8) is 0 Å². The van der Waals surface area contributed by atoms with E-state index in [9.17, 15) is 0 Å². The molecule has 0 aromatic carbocycles. The fourth-order valence-electron chi connectivity index (χ4n) is 18.0. The van der Waals surface area contributed by atoms with Crippen molar-refractivity contribution in [1.82, 2.24) is 62.1 Å². The Morgan fingerprint density at radius 1 is 0.217 bits per heavy atom. The Morgan fingerprint density at radius 3 is 0.667 bits per heavy atom. The van der Waals surface area contributed by atoms with E-state index in [1.165, 1.54) is 181 Å². The number of nitrogens with zero attached hydrogens (tertiary/aromatic N) is 4. The van der Waals surface area contributed by atoms with Gasteiger partial charge in [-0.15, -0.1) is 0 Å². The Labute approximate surface area is 362 Å². The van der Waals surface area contributed by atoms with Crippen LogP contribution < -0.4 is 42.5 Å². The van der Waals surface area contributed by atoms with Crippen LogP contribution in [-0.4, -0.2) is 145 Å². The Bertz CT molecular complexity index is 1370. The molecule has 336 valence electrons. The minimum atomic E-state index is 0.286. The molecule has 4 aliphatic carbocycles. The normalized spacial score (nSPS) is 54.0. The molecule has 13 aliphatic rings. The standard InChI is InChI=1S/C48H84N12/c1-2-16-30-29(15-1)41-49-42(30)51-44-32-18-4-6-20-34(32)46(53-44)55-48-36-35(47(56-48)54-45-33-19-5-3-17-31(33)43(50-41)52-45)37(57-21-7-8-22-57)39(59-25-11-12-26-59)40(60-27-13-14-28-60)38(36)58-23-9-10-24-58/h29-56H,1-28H2. The first-order valence-electron chi connectivity index (χ1n) is 26.8. The molecule has 9 saturated heterocycles. The summed E-state index contributed by atoms with van der Waals surface area (Å²) in [6.07, 6.45) is 30.4. The van der Waals surface area contributed by atoms with Gasteiger partial charge in [-0.05, 0) is 178 Å². The van der Waals surface area contributed by atoms with Gasteiger partial charge >= 0.3 is 0 Å². The Balaban J connectivity index is 0.933. The van der Waals surface area contributed by atoms with Crippen molar-refractivity contribution in [2.45, 2.75) is 202 Å². The summed E-state index contributed by atoms with van der Waals surface area (Å²) in [6.45, 7) is 10.4. The molecule has 0 spiro atoms. The van der Waals surface area contributed by atoms with E-state index in [4.69, 9.17) is 0 Å². The van der Waals surface area contributed by atoms with Crippen molar-refractivity contribution in [3.8, 4) is 0 Å². The fraction of sp³-hybridized carbons (Fsp3) is 1.00. The number of rotatable bonds is 4. The van der Waals surface area contributed by atoms with Crippen molar-refractivity contribution >= 4 is 0 Å². The van der Waals surface area contributed by atoms with Crippen LogP contribution in [0.25, 0.3) is 0 Å². The smallest absolute Gasteiger partial charge is 0.0645 e. The van der Waals surface area contributed by atoms with E-state index in [0.29, 0.717) is 96.7 Å². The van der Waals surface area contributed by atoms with E-state index in [-0.39, 0.29) is 12.3 Å². The molecule has 9 heterocycles. The van der Waals surface area contributed by atoms with Gasteiger partial charge in [-0.25, -0.2) is 0 Å². The van der Waals surface area contributed by atoms with E-state index in [0.717, 1.165) is 11.8 Å². The first-order chi connectivity index (χ1) is 29.7. The summed E-state index contributed by atoms with van der Waals surface area (Å²) in [5.41, 5.74) is 0. The molecule has 0 radical (unpaired) electrons. The van der Waals surface area contributed by atoms with Crippen LogP contribution in [0.2, 0.25) is 0 Å². The zero-order chi connectivity index (χ0) is 39.3. The number of hydrogen-bond acceptors (Lipinski definition) is 12. The lowest BCUT2D eigenvalue weighted by molar-refractivity contribution is -0.0946. The molecule has 8 bridgehead atoms. The molecule has 13 rings (SSSR count). The molecular formula is C48H84N12. The predicted octanol–water partition coefficient (Wildman–Crippen LogP) is 2.90. The molecule has 20 unspecified atom stereocenters. The molecule has 12 heteroatoms. The molecule has 4 saturated carbocycles. The van der Waals surface area contributed by atoms with Gasteiger partial charge in [0.25, 0.3) is 0 Å². The molecular weight excluding hydrogens is 745 g/mol. The highest BCUT2D eigenvalue weighted by atomic mass is 15.4. The first-order valence-corrected chi connectivity index (χ1v) is 26.8. The molecule has 9 aliphatic heterocycles. The van der Waals surface area contributed by atoms with Crippen molar-refractivity contribution in [1.29, 1.82) is 0 Å². The van der Waals surface area contributed by atoms with Crippen molar-refractivity contribution in [2.24, 2.45) is 47.3 Å². The van der Waals surface area contributed by atoms with E-state index in [1.807, 2.05) is 0 Å². The van der Waals surface area contributed by atoms with E-state index < -0.39 is 0 Å². The summed E-state index contributed by atoms with van der Waals surface area (Å²) in [5, 5.41) is 35.9. The monoisotopic (exact) mass is 829 g/mol. The Hall–Kier alpha value is -0.480. The number of hydrogen-bond donors (Lipinski definition) is 8. The van der Waals surface area contributed by atoms with Crippen LogP contribution in [0.15, 0.2) is 0 Å². The van der Waals surface area contributed by atoms with Crippen LogP contribution in [0.1, 0.15) is 128 Å². The van der Waals surface area contributed by atoms with Crippen LogP contribution >= 0.6 is 0 Å². The topological polar surface area (TPSA) is 109 Å². The second-order valence-corrected chi connectivity index (χ2v) is 23.1. The van der Waals surface area contributed by atoms with Crippen LogP contribution in [0.4, 0.5) is 0 Å². The zero-order valence-electron chi connectivity index (χ0n) is 37.1. The lowest BCUT2D eigenvalue weighted by Crippen LogP contribution is -2.76. The molecule has 0 aromatic rings. The average Bonchev–Trinajstić information content (AvgIpc) is 4.13. The summed E-state index contributed by atoms with van der Waals surface area (Å²) < 4.78 is 0. The quantitative estimate of drug-likeness (QED) is 0.214. The number of fused-ring (bicyclic) bond motifs is 20. The van der Waals surface area contributed by atoms with E-state index in [1.54, 1.807) is 0 Å². The minimum Gasteiger partial charge on any atom is -0.298 e. The first kappa shape index (κ1) is 39.8. The van der Waals surface area contributed by atoms with Crippen LogP contribution in [-0.2, 0) is 0 Å². The maximum atomic E-state index is 4.64. The highest BCUT2D eigenvalue weighted by Gasteiger charge is 2.65. The lowest BCUT2D eigenvalue weighted by Gasteiger charge is -2.60. The van der Waals surface area contributed by atoms with Crippen molar-refractivity contribution < 1.29 is 0 Å². The second kappa shape index (κ2) is 16.7. The number of likely N-dealkylation sites (tertiary alicyclic amines) is 4. The molecule has 8 N–H and O–H groups in total. The predicted molar refractivity (Wildman–Crippen MR) is 237 cm³/mol. The fourth-order valence-corrected chi connectivity index (χ4v) is 18.0. The lowest BCUT2D eigenvalue weighted by atomic mass is 9.65. The average molecular weight is 829 g/mol. The maximum absolute atomic E-state index is 4.64. The van der Waals surface area contributed by atoms with Gasteiger partial charge in [0.15, 0.2) is 0 Å². The Morgan fingerprint density at radius 2 is 0.417 bits per heavy atom. The van der Waals surface area contributed by atoms with E-state index in [2.05, 4.69) is 62.1 Å².